The van der Waals surface area contributed by atoms with Gasteiger partial charge in [-0.1, -0.05) is 12.1 Å². The minimum Gasteiger partial charge on any atom is -0.343 e. The van der Waals surface area contributed by atoms with Crippen molar-refractivity contribution in [3.63, 3.8) is 0 Å². The Balaban J connectivity index is 1.48. The molecule has 0 aliphatic carbocycles. The molecule has 1 N–H and O–H groups in total. The van der Waals surface area contributed by atoms with Crippen LogP contribution >= 0.6 is 0 Å². The number of fused-ring (bicyclic) bond motifs is 1. The average Bonchev–Trinajstić information content (AvgIpc) is 3.30. The number of aryl methyl sites for hydroxylation is 1. The number of hydrogen-bond donors (Lipinski definition) is 1. The molecule has 2 amide bonds. The van der Waals surface area contributed by atoms with Crippen molar-refractivity contribution >= 4 is 33.5 Å². The maximum absolute atomic E-state index is 13.1. The van der Waals surface area contributed by atoms with E-state index in [-0.39, 0.29) is 23.3 Å². The Bertz CT molecular complexity index is 1180. The van der Waals surface area contributed by atoms with Crippen LogP contribution in [-0.2, 0) is 19.6 Å². The molecule has 1 fully saturated rings. The fraction of sp³-hybridized carbons (Fsp3) is 0.333. The zero-order chi connectivity index (χ0) is 22.2. The first-order valence-electron chi connectivity index (χ1n) is 9.95. The largest absolute Gasteiger partial charge is 0.343 e. The van der Waals surface area contributed by atoms with E-state index in [1.165, 1.54) is 11.0 Å². The summed E-state index contributed by atoms with van der Waals surface area (Å²) in [5.74, 6) is 0.114. The van der Waals surface area contributed by atoms with Crippen LogP contribution in [0.25, 0.3) is 0 Å². The van der Waals surface area contributed by atoms with Crippen molar-refractivity contribution in [2.75, 3.05) is 25.5 Å². The highest BCUT2D eigenvalue weighted by atomic mass is 32.2. The molecule has 0 bridgehead atoms. The Morgan fingerprint density at radius 1 is 1.26 bits per heavy atom. The molecular formula is C21H23N5O4S. The molecule has 162 valence electrons. The fourth-order valence-corrected chi connectivity index (χ4v) is 5.12. The van der Waals surface area contributed by atoms with Gasteiger partial charge >= 0.3 is 0 Å². The van der Waals surface area contributed by atoms with E-state index in [2.05, 4.69) is 14.7 Å². The molecular weight excluding hydrogens is 418 g/mol. The quantitative estimate of drug-likeness (QED) is 0.768. The summed E-state index contributed by atoms with van der Waals surface area (Å²) in [4.78, 5) is 32.8. The van der Waals surface area contributed by atoms with Crippen LogP contribution in [0, 0.1) is 6.92 Å². The molecule has 1 aromatic heterocycles. The number of nitrogens with one attached hydrogen (secondary N) is 1. The molecule has 31 heavy (non-hydrogen) atoms. The standard InChI is InChI=1S/C21H23N5O4S/c1-14-9-10-22-18(12-14)23-19(27)13-25(2)21(28)16-7-5-11-26(16)20-15-6-3-4-8-17(15)31(29,30)24-20/h3-4,6,8-10,12,16H,5,7,11,13H2,1-2H3,(H,22,23,27)/t16-/m0/s1. The summed E-state index contributed by atoms with van der Waals surface area (Å²) in [6.45, 7) is 2.28. The third-order valence-corrected chi connectivity index (χ3v) is 6.69. The van der Waals surface area contributed by atoms with Crippen LogP contribution in [0.15, 0.2) is 51.9 Å². The number of hydrogen-bond acceptors (Lipinski definition) is 6. The number of pyridine rings is 1. The number of amides is 2. The Hall–Kier alpha value is -3.27. The fourth-order valence-electron chi connectivity index (χ4n) is 3.91. The summed E-state index contributed by atoms with van der Waals surface area (Å²) >= 11 is 0. The predicted octanol–water partition coefficient (Wildman–Crippen LogP) is 1.40. The second-order valence-corrected chi connectivity index (χ2v) is 9.27. The smallest absolute Gasteiger partial charge is 0.285 e. The van der Waals surface area contributed by atoms with Gasteiger partial charge in [0.2, 0.25) is 11.8 Å². The van der Waals surface area contributed by atoms with Crippen LogP contribution in [0.2, 0.25) is 0 Å². The molecule has 0 unspecified atom stereocenters. The topological polar surface area (TPSA) is 112 Å². The lowest BCUT2D eigenvalue weighted by Gasteiger charge is -2.29. The Kier molecular flexibility index (Phi) is 5.48. The van der Waals surface area contributed by atoms with Crippen LogP contribution in [0.5, 0.6) is 0 Å². The van der Waals surface area contributed by atoms with E-state index in [1.54, 1.807) is 42.4 Å². The number of sulfonamides is 1. The Morgan fingerprint density at radius 3 is 2.81 bits per heavy atom. The van der Waals surface area contributed by atoms with Crippen LogP contribution in [-0.4, -0.2) is 67.0 Å². The first-order chi connectivity index (χ1) is 14.8. The number of carbonyl (C=O) groups excluding carboxylic acids is 2. The molecule has 2 aromatic rings. The van der Waals surface area contributed by atoms with Crippen molar-refractivity contribution in [3.05, 3.63) is 53.7 Å². The highest BCUT2D eigenvalue weighted by molar-refractivity contribution is 7.90. The van der Waals surface area contributed by atoms with Gasteiger partial charge in [0.1, 0.15) is 16.8 Å². The first kappa shape index (κ1) is 21.0. The van der Waals surface area contributed by atoms with Crippen molar-refractivity contribution in [1.29, 1.82) is 0 Å². The molecule has 0 spiro atoms. The minimum absolute atomic E-state index is 0.139. The number of anilines is 1. The molecule has 1 aromatic carbocycles. The maximum Gasteiger partial charge on any atom is 0.285 e. The van der Waals surface area contributed by atoms with Gasteiger partial charge in [0, 0.05) is 25.4 Å². The zero-order valence-corrected chi connectivity index (χ0v) is 18.1. The highest BCUT2D eigenvalue weighted by Crippen LogP contribution is 2.31. The minimum atomic E-state index is -3.77. The molecule has 2 aliphatic heterocycles. The molecule has 4 rings (SSSR count). The lowest BCUT2D eigenvalue weighted by Crippen LogP contribution is -2.48. The second kappa shape index (κ2) is 8.10. The Labute approximate surface area is 180 Å². The summed E-state index contributed by atoms with van der Waals surface area (Å²) in [7, 11) is -2.21. The van der Waals surface area contributed by atoms with E-state index in [9.17, 15) is 18.0 Å². The van der Waals surface area contributed by atoms with Gasteiger partial charge in [-0.3, -0.25) is 9.59 Å². The highest BCUT2D eigenvalue weighted by Gasteiger charge is 2.40. The molecule has 0 radical (unpaired) electrons. The van der Waals surface area contributed by atoms with Crippen molar-refractivity contribution in [2.24, 2.45) is 4.40 Å². The van der Waals surface area contributed by atoms with Crippen molar-refractivity contribution in [1.82, 2.24) is 14.8 Å². The molecule has 2 aliphatic rings. The normalized spacial score (nSPS) is 19.0. The van der Waals surface area contributed by atoms with Gasteiger partial charge in [-0.15, -0.1) is 4.40 Å². The molecule has 10 heteroatoms. The van der Waals surface area contributed by atoms with Gasteiger partial charge in [0.05, 0.1) is 6.54 Å². The van der Waals surface area contributed by atoms with Crippen molar-refractivity contribution in [2.45, 2.75) is 30.7 Å². The molecule has 9 nitrogen and oxygen atoms in total. The van der Waals surface area contributed by atoms with Crippen molar-refractivity contribution < 1.29 is 18.0 Å². The summed E-state index contributed by atoms with van der Waals surface area (Å²) in [5.41, 5.74) is 1.47. The van der Waals surface area contributed by atoms with E-state index in [4.69, 9.17) is 0 Å². The van der Waals surface area contributed by atoms with Gasteiger partial charge in [-0.25, -0.2) is 4.98 Å². The number of aromatic nitrogens is 1. The second-order valence-electron chi connectivity index (χ2n) is 7.70. The molecule has 3 heterocycles. The van der Waals surface area contributed by atoms with Crippen LogP contribution < -0.4 is 5.32 Å². The van der Waals surface area contributed by atoms with Gasteiger partial charge < -0.3 is 15.1 Å². The van der Waals surface area contributed by atoms with E-state index in [0.717, 1.165) is 12.0 Å². The SMILES string of the molecule is Cc1ccnc(NC(=O)CN(C)C(=O)[C@@H]2CCCN2C2=NS(=O)(=O)c3ccccc32)c1. The summed E-state index contributed by atoms with van der Waals surface area (Å²) in [5, 5.41) is 2.69. The number of benzene rings is 1. The maximum atomic E-state index is 13.1. The Morgan fingerprint density at radius 2 is 2.03 bits per heavy atom. The number of nitrogens with zero attached hydrogens (tertiary/aromatic N) is 4. The van der Waals surface area contributed by atoms with E-state index in [0.29, 0.717) is 30.2 Å². The summed E-state index contributed by atoms with van der Waals surface area (Å²) < 4.78 is 28.8. The van der Waals surface area contributed by atoms with Gasteiger partial charge in [0.25, 0.3) is 10.0 Å². The molecule has 0 saturated carbocycles. The van der Waals surface area contributed by atoms with E-state index >= 15 is 0 Å². The summed E-state index contributed by atoms with van der Waals surface area (Å²) in [6.07, 6.45) is 2.89. The van der Waals surface area contributed by atoms with E-state index in [1.807, 2.05) is 13.0 Å². The number of carbonyl (C=O) groups is 2. The first-order valence-corrected chi connectivity index (χ1v) is 11.4. The lowest BCUT2D eigenvalue weighted by molar-refractivity contribution is -0.136. The molecule has 1 saturated heterocycles. The average molecular weight is 442 g/mol. The molecule has 1 atom stereocenters. The van der Waals surface area contributed by atoms with E-state index < -0.39 is 16.1 Å². The van der Waals surface area contributed by atoms with Gasteiger partial charge in [-0.2, -0.15) is 8.42 Å². The zero-order valence-electron chi connectivity index (χ0n) is 17.3. The van der Waals surface area contributed by atoms with Crippen LogP contribution in [0.1, 0.15) is 24.0 Å². The number of likely N-dealkylation sites (N-methyl/N-ethyl adjacent to an activating group) is 1. The van der Waals surface area contributed by atoms with Gasteiger partial charge in [0.15, 0.2) is 5.84 Å². The lowest BCUT2D eigenvalue weighted by atomic mass is 10.1. The number of likely N-dealkylation sites (tertiary alicyclic amines) is 1. The summed E-state index contributed by atoms with van der Waals surface area (Å²) in [6, 6.07) is 9.61. The van der Waals surface area contributed by atoms with Crippen LogP contribution in [0.4, 0.5) is 5.82 Å². The van der Waals surface area contributed by atoms with Crippen molar-refractivity contribution in [3.8, 4) is 0 Å². The number of rotatable bonds is 4. The predicted molar refractivity (Wildman–Crippen MR) is 115 cm³/mol. The van der Waals surface area contributed by atoms with Crippen LogP contribution in [0.3, 0.4) is 0 Å². The third kappa shape index (κ3) is 4.15. The monoisotopic (exact) mass is 441 g/mol. The van der Waals surface area contributed by atoms with Gasteiger partial charge in [-0.05, 0) is 49.6 Å². The number of amidine groups is 1. The third-order valence-electron chi connectivity index (χ3n) is 5.36.